The van der Waals surface area contributed by atoms with Crippen LogP contribution in [0.1, 0.15) is 19.4 Å². The van der Waals surface area contributed by atoms with Gasteiger partial charge in [0.2, 0.25) is 0 Å². The molecular weight excluding hydrogens is 204 g/mol. The molecule has 0 radical (unpaired) electrons. The minimum atomic E-state index is 0.101. The van der Waals surface area contributed by atoms with E-state index in [4.69, 9.17) is 16.7 Å². The zero-order valence-corrected chi connectivity index (χ0v) is 9.32. The number of aliphatic hydroxyl groups is 1. The van der Waals surface area contributed by atoms with Crippen molar-refractivity contribution in [3.63, 3.8) is 0 Å². The van der Waals surface area contributed by atoms with E-state index < -0.39 is 0 Å². The third kappa shape index (κ3) is 2.83. The first kappa shape index (κ1) is 10.8. The molecule has 0 aliphatic carbocycles. The van der Waals surface area contributed by atoms with Crippen LogP contribution in [0.3, 0.4) is 0 Å². The molecule has 1 heterocycles. The lowest BCUT2D eigenvalue weighted by Gasteiger charge is -2.07. The first-order valence-electron chi connectivity index (χ1n) is 4.19. The van der Waals surface area contributed by atoms with Crippen molar-refractivity contribution in [1.29, 1.82) is 0 Å². The number of hydrogen-bond acceptors (Lipinski definition) is 2. The summed E-state index contributed by atoms with van der Waals surface area (Å²) in [4.78, 5) is 0. The van der Waals surface area contributed by atoms with Crippen LogP contribution in [-0.4, -0.2) is 11.7 Å². The molecule has 0 bridgehead atoms. The van der Waals surface area contributed by atoms with E-state index in [1.807, 2.05) is 17.5 Å². The van der Waals surface area contributed by atoms with Crippen LogP contribution in [0.25, 0.3) is 6.08 Å². The molecular formula is C10H13ClOS. The molecule has 0 saturated heterocycles. The van der Waals surface area contributed by atoms with E-state index in [-0.39, 0.29) is 6.61 Å². The van der Waals surface area contributed by atoms with Crippen molar-refractivity contribution in [1.82, 2.24) is 0 Å². The van der Waals surface area contributed by atoms with Crippen LogP contribution >= 0.6 is 22.9 Å². The number of rotatable bonds is 3. The van der Waals surface area contributed by atoms with Crippen molar-refractivity contribution in [3.05, 3.63) is 26.9 Å². The summed E-state index contributed by atoms with van der Waals surface area (Å²) in [7, 11) is 0. The normalized spacial score (nSPS) is 12.5. The van der Waals surface area contributed by atoms with Crippen LogP contribution in [0.4, 0.5) is 0 Å². The van der Waals surface area contributed by atoms with Crippen molar-refractivity contribution >= 4 is 29.0 Å². The van der Waals surface area contributed by atoms with E-state index in [2.05, 4.69) is 13.8 Å². The summed E-state index contributed by atoms with van der Waals surface area (Å²) in [5.41, 5.74) is 2.02. The standard InChI is InChI=1S/C10H13ClOS/c1-7(2)9(6-12)5-8-3-4-13-10(8)11/h3-5,7,12H,6H2,1-2H3/b9-5+. The Labute approximate surface area is 87.7 Å². The molecule has 0 amide bonds. The van der Waals surface area contributed by atoms with E-state index in [0.717, 1.165) is 15.5 Å². The summed E-state index contributed by atoms with van der Waals surface area (Å²) in [6.07, 6.45) is 1.96. The van der Waals surface area contributed by atoms with Crippen LogP contribution < -0.4 is 0 Å². The smallest absolute Gasteiger partial charge is 0.100 e. The van der Waals surface area contributed by atoms with Gasteiger partial charge in [-0.05, 0) is 22.9 Å². The second kappa shape index (κ2) is 4.80. The number of aliphatic hydroxyl groups excluding tert-OH is 1. The fourth-order valence-corrected chi connectivity index (χ4v) is 1.87. The molecule has 0 aliphatic heterocycles. The van der Waals surface area contributed by atoms with Crippen molar-refractivity contribution < 1.29 is 5.11 Å². The van der Waals surface area contributed by atoms with Gasteiger partial charge in [-0.1, -0.05) is 31.5 Å². The second-order valence-electron chi connectivity index (χ2n) is 3.18. The zero-order chi connectivity index (χ0) is 9.84. The molecule has 1 N–H and O–H groups in total. The Morgan fingerprint density at radius 2 is 2.38 bits per heavy atom. The molecule has 1 rings (SSSR count). The topological polar surface area (TPSA) is 20.2 Å². The number of thiophene rings is 1. The molecule has 0 aliphatic rings. The third-order valence-electron chi connectivity index (χ3n) is 1.91. The Hall–Kier alpha value is -0.310. The van der Waals surface area contributed by atoms with Crippen LogP contribution in [0.15, 0.2) is 17.0 Å². The SMILES string of the molecule is CC(C)/C(=C/c1ccsc1Cl)CO. The first-order chi connectivity index (χ1) is 6.15. The van der Waals surface area contributed by atoms with Crippen molar-refractivity contribution in [3.8, 4) is 0 Å². The van der Waals surface area contributed by atoms with Gasteiger partial charge in [0, 0.05) is 5.56 Å². The number of hydrogen-bond donors (Lipinski definition) is 1. The maximum Gasteiger partial charge on any atom is 0.100 e. The van der Waals surface area contributed by atoms with Gasteiger partial charge in [0.05, 0.1) is 6.61 Å². The van der Waals surface area contributed by atoms with Crippen LogP contribution in [-0.2, 0) is 0 Å². The second-order valence-corrected chi connectivity index (χ2v) is 4.70. The first-order valence-corrected chi connectivity index (χ1v) is 5.45. The predicted molar refractivity (Wildman–Crippen MR) is 59.2 cm³/mol. The highest BCUT2D eigenvalue weighted by Gasteiger charge is 2.04. The Bertz CT molecular complexity index is 302. The highest BCUT2D eigenvalue weighted by molar-refractivity contribution is 7.14. The summed E-state index contributed by atoms with van der Waals surface area (Å²) >= 11 is 7.45. The lowest BCUT2D eigenvalue weighted by atomic mass is 10.0. The summed E-state index contributed by atoms with van der Waals surface area (Å²) in [6, 6.07) is 1.96. The van der Waals surface area contributed by atoms with Gasteiger partial charge in [-0.15, -0.1) is 11.3 Å². The highest BCUT2D eigenvalue weighted by Crippen LogP contribution is 2.26. The third-order valence-corrected chi connectivity index (χ3v) is 3.11. The molecule has 1 aromatic rings. The fourth-order valence-electron chi connectivity index (χ4n) is 1.00. The van der Waals surface area contributed by atoms with E-state index in [0.29, 0.717) is 5.92 Å². The van der Waals surface area contributed by atoms with Crippen LogP contribution in [0.5, 0.6) is 0 Å². The quantitative estimate of drug-likeness (QED) is 0.821. The minimum absolute atomic E-state index is 0.101. The molecule has 1 nitrogen and oxygen atoms in total. The molecule has 0 aromatic carbocycles. The largest absolute Gasteiger partial charge is 0.392 e. The van der Waals surface area contributed by atoms with Gasteiger partial charge in [0.15, 0.2) is 0 Å². The monoisotopic (exact) mass is 216 g/mol. The average molecular weight is 217 g/mol. The van der Waals surface area contributed by atoms with Crippen molar-refractivity contribution in [2.75, 3.05) is 6.61 Å². The van der Waals surface area contributed by atoms with E-state index in [1.54, 1.807) is 0 Å². The Kier molecular flexibility index (Phi) is 3.97. The minimum Gasteiger partial charge on any atom is -0.392 e. The van der Waals surface area contributed by atoms with Crippen LogP contribution in [0.2, 0.25) is 4.34 Å². The molecule has 0 unspecified atom stereocenters. The van der Waals surface area contributed by atoms with Gasteiger partial charge < -0.3 is 5.11 Å². The Morgan fingerprint density at radius 1 is 1.69 bits per heavy atom. The Balaban J connectivity index is 2.91. The highest BCUT2D eigenvalue weighted by atomic mass is 35.5. The van der Waals surface area contributed by atoms with Crippen LogP contribution in [0, 0.1) is 5.92 Å². The van der Waals surface area contributed by atoms with Crippen molar-refractivity contribution in [2.45, 2.75) is 13.8 Å². The van der Waals surface area contributed by atoms with Crippen molar-refractivity contribution in [2.24, 2.45) is 5.92 Å². The lowest BCUT2D eigenvalue weighted by molar-refractivity contribution is 0.320. The molecule has 0 saturated carbocycles. The summed E-state index contributed by atoms with van der Waals surface area (Å²) in [6.45, 7) is 4.22. The summed E-state index contributed by atoms with van der Waals surface area (Å²) < 4.78 is 0.784. The predicted octanol–water partition coefficient (Wildman–Crippen LogP) is 3.43. The van der Waals surface area contributed by atoms with Gasteiger partial charge in [0.1, 0.15) is 4.34 Å². The van der Waals surface area contributed by atoms with Gasteiger partial charge >= 0.3 is 0 Å². The summed E-state index contributed by atoms with van der Waals surface area (Å²) in [5, 5.41) is 11.0. The summed E-state index contributed by atoms with van der Waals surface area (Å²) in [5.74, 6) is 0.362. The Morgan fingerprint density at radius 3 is 2.77 bits per heavy atom. The lowest BCUT2D eigenvalue weighted by Crippen LogP contribution is -1.98. The van der Waals surface area contributed by atoms with E-state index in [9.17, 15) is 0 Å². The maximum atomic E-state index is 9.08. The van der Waals surface area contributed by atoms with Gasteiger partial charge in [-0.3, -0.25) is 0 Å². The fraction of sp³-hybridized carbons (Fsp3) is 0.400. The average Bonchev–Trinajstić information content (AvgIpc) is 2.46. The molecule has 3 heteroatoms. The molecule has 0 fully saturated rings. The molecule has 13 heavy (non-hydrogen) atoms. The number of halogens is 1. The molecule has 1 aromatic heterocycles. The molecule has 0 atom stereocenters. The van der Waals surface area contributed by atoms with Gasteiger partial charge in [-0.2, -0.15) is 0 Å². The maximum absolute atomic E-state index is 9.08. The van der Waals surface area contributed by atoms with Gasteiger partial charge in [-0.25, -0.2) is 0 Å². The molecule has 0 spiro atoms. The van der Waals surface area contributed by atoms with E-state index in [1.165, 1.54) is 11.3 Å². The van der Waals surface area contributed by atoms with Gasteiger partial charge in [0.25, 0.3) is 0 Å². The molecule has 72 valence electrons. The zero-order valence-electron chi connectivity index (χ0n) is 7.75. The van der Waals surface area contributed by atoms with E-state index >= 15 is 0 Å².